The molecule has 1 atom stereocenters. The molecule has 2 N–H and O–H groups in total. The number of benzene rings is 1. The van der Waals surface area contributed by atoms with E-state index in [2.05, 4.69) is 36.7 Å². The van der Waals surface area contributed by atoms with Crippen LogP contribution in [0.5, 0.6) is 0 Å². The van der Waals surface area contributed by atoms with Gasteiger partial charge >= 0.3 is 0 Å². The number of hydrogen-bond acceptors (Lipinski definition) is 8. The second-order valence-electron chi connectivity index (χ2n) is 10.5. The second-order valence-corrected chi connectivity index (χ2v) is 10.5. The molecule has 0 bridgehead atoms. The van der Waals surface area contributed by atoms with Gasteiger partial charge in [-0.25, -0.2) is 9.97 Å². The van der Waals surface area contributed by atoms with Gasteiger partial charge in [-0.2, -0.15) is 10.4 Å². The topological polar surface area (TPSA) is 121 Å². The number of ether oxygens (including phenoxy) is 1. The first-order valence-electron chi connectivity index (χ1n) is 13.8. The molecule has 5 rings (SSSR count). The molecule has 0 spiro atoms. The third kappa shape index (κ3) is 6.99. The molecule has 3 aromatic rings. The van der Waals surface area contributed by atoms with Gasteiger partial charge in [0.2, 0.25) is 11.9 Å². The SMILES string of the molecule is CN(CC(=O)Nc1ccc(Nc2nccc(-c3cnn(C(CC#N)C4CCCC4)c3)n2)cc1)C1CCOCC1. The molecule has 1 saturated carbocycles. The minimum absolute atomic E-state index is 0.0359. The predicted molar refractivity (Wildman–Crippen MR) is 149 cm³/mol. The third-order valence-electron chi connectivity index (χ3n) is 7.77. The molecule has 39 heavy (non-hydrogen) atoms. The summed E-state index contributed by atoms with van der Waals surface area (Å²) in [7, 11) is 1.99. The number of nitriles is 1. The van der Waals surface area contributed by atoms with E-state index in [0.717, 1.165) is 61.5 Å². The Morgan fingerprint density at radius 2 is 1.90 bits per heavy atom. The van der Waals surface area contributed by atoms with Crippen LogP contribution in [0.15, 0.2) is 48.9 Å². The molecular formula is C29H36N8O2. The highest BCUT2D eigenvalue weighted by atomic mass is 16.5. The predicted octanol–water partition coefficient (Wildman–Crippen LogP) is 4.78. The molecule has 1 amide bonds. The van der Waals surface area contributed by atoms with Crippen molar-refractivity contribution < 1.29 is 9.53 Å². The molecule has 10 nitrogen and oxygen atoms in total. The fourth-order valence-corrected chi connectivity index (χ4v) is 5.59. The zero-order valence-corrected chi connectivity index (χ0v) is 22.4. The van der Waals surface area contributed by atoms with E-state index in [-0.39, 0.29) is 11.9 Å². The maximum absolute atomic E-state index is 12.5. The lowest BCUT2D eigenvalue weighted by Gasteiger charge is -2.30. The van der Waals surface area contributed by atoms with Crippen LogP contribution < -0.4 is 10.6 Å². The summed E-state index contributed by atoms with van der Waals surface area (Å²) in [5, 5.41) is 20.2. The number of anilines is 3. The smallest absolute Gasteiger partial charge is 0.238 e. The molecule has 0 radical (unpaired) electrons. The van der Waals surface area contributed by atoms with Crippen molar-refractivity contribution in [2.75, 3.05) is 37.4 Å². The van der Waals surface area contributed by atoms with E-state index in [1.807, 2.05) is 54.5 Å². The van der Waals surface area contributed by atoms with Gasteiger partial charge in [0.15, 0.2) is 0 Å². The van der Waals surface area contributed by atoms with Crippen molar-refractivity contribution in [3.63, 3.8) is 0 Å². The lowest BCUT2D eigenvalue weighted by atomic mass is 9.96. The number of amides is 1. The van der Waals surface area contributed by atoms with Crippen LogP contribution in [-0.4, -0.2) is 63.4 Å². The molecule has 1 aromatic carbocycles. The van der Waals surface area contributed by atoms with Crippen LogP contribution in [-0.2, 0) is 9.53 Å². The summed E-state index contributed by atoms with van der Waals surface area (Å²) in [6.45, 7) is 1.86. The van der Waals surface area contributed by atoms with Gasteiger partial charge in [0.05, 0.1) is 37.0 Å². The van der Waals surface area contributed by atoms with Crippen LogP contribution in [0.25, 0.3) is 11.3 Å². The minimum atomic E-state index is -0.0359. The summed E-state index contributed by atoms with van der Waals surface area (Å²) >= 11 is 0. The van der Waals surface area contributed by atoms with Crippen LogP contribution in [0.4, 0.5) is 17.3 Å². The Morgan fingerprint density at radius 3 is 2.64 bits per heavy atom. The summed E-state index contributed by atoms with van der Waals surface area (Å²) in [5.41, 5.74) is 3.21. The van der Waals surface area contributed by atoms with E-state index >= 15 is 0 Å². The molecule has 1 saturated heterocycles. The highest BCUT2D eigenvalue weighted by Gasteiger charge is 2.27. The summed E-state index contributed by atoms with van der Waals surface area (Å²) < 4.78 is 7.36. The fourth-order valence-electron chi connectivity index (χ4n) is 5.59. The quantitative estimate of drug-likeness (QED) is 0.386. The van der Waals surface area contributed by atoms with Gasteiger partial charge in [0, 0.05) is 48.6 Å². The number of nitrogens with one attached hydrogen (secondary N) is 2. The van der Waals surface area contributed by atoms with Crippen molar-refractivity contribution in [3.8, 4) is 17.3 Å². The Balaban J connectivity index is 1.18. The highest BCUT2D eigenvalue weighted by molar-refractivity contribution is 5.92. The van der Waals surface area contributed by atoms with Gasteiger partial charge in [0.1, 0.15) is 0 Å². The van der Waals surface area contributed by atoms with Gasteiger partial charge in [-0.3, -0.25) is 14.4 Å². The molecule has 3 heterocycles. The summed E-state index contributed by atoms with van der Waals surface area (Å²) in [6.07, 6.45) is 12.6. The molecule has 1 aliphatic heterocycles. The highest BCUT2D eigenvalue weighted by Crippen LogP contribution is 2.36. The number of likely N-dealkylation sites (N-methyl/N-ethyl adjacent to an activating group) is 1. The van der Waals surface area contributed by atoms with Gasteiger partial charge < -0.3 is 15.4 Å². The van der Waals surface area contributed by atoms with Crippen molar-refractivity contribution in [1.29, 1.82) is 5.26 Å². The maximum atomic E-state index is 12.5. The molecule has 1 aliphatic carbocycles. The zero-order valence-electron chi connectivity index (χ0n) is 22.4. The van der Waals surface area contributed by atoms with Crippen molar-refractivity contribution in [2.24, 2.45) is 5.92 Å². The average molecular weight is 529 g/mol. The van der Waals surface area contributed by atoms with Gasteiger partial charge in [0.25, 0.3) is 0 Å². The van der Waals surface area contributed by atoms with E-state index in [9.17, 15) is 10.1 Å². The summed E-state index contributed by atoms with van der Waals surface area (Å²) in [5.74, 6) is 0.936. The van der Waals surface area contributed by atoms with E-state index in [4.69, 9.17) is 4.74 Å². The lowest BCUT2D eigenvalue weighted by Crippen LogP contribution is -2.41. The van der Waals surface area contributed by atoms with E-state index < -0.39 is 0 Å². The largest absolute Gasteiger partial charge is 0.381 e. The monoisotopic (exact) mass is 528 g/mol. The lowest BCUT2D eigenvalue weighted by molar-refractivity contribution is -0.118. The molecular weight excluding hydrogens is 492 g/mol. The zero-order chi connectivity index (χ0) is 27.0. The number of carbonyl (C=O) groups is 1. The van der Waals surface area contributed by atoms with Gasteiger partial charge in [-0.05, 0) is 69.0 Å². The standard InChI is InChI=1S/C29H36N8O2/c1-36(25-12-16-39-17-13-25)20-28(38)33-23-6-8-24(9-7-23)34-29-31-15-11-26(35-29)22-18-32-37(19-22)27(10-14-30)21-4-2-3-5-21/h6-9,11,15,18-19,21,25,27H,2-5,10,12-13,16-17,20H2,1H3,(H,33,38)(H,31,34,35). The Labute approximate surface area is 229 Å². The first-order valence-corrected chi connectivity index (χ1v) is 13.8. The Morgan fingerprint density at radius 1 is 1.15 bits per heavy atom. The number of aromatic nitrogens is 4. The molecule has 1 unspecified atom stereocenters. The van der Waals surface area contributed by atoms with E-state index in [0.29, 0.717) is 30.9 Å². The summed E-state index contributed by atoms with van der Waals surface area (Å²) in [6, 6.07) is 12.2. The van der Waals surface area contributed by atoms with Crippen molar-refractivity contribution >= 4 is 23.2 Å². The fraction of sp³-hybridized carbons (Fsp3) is 0.483. The summed E-state index contributed by atoms with van der Waals surface area (Å²) in [4.78, 5) is 23.7. The van der Waals surface area contributed by atoms with Crippen LogP contribution in [0.2, 0.25) is 0 Å². The van der Waals surface area contributed by atoms with Gasteiger partial charge in [-0.15, -0.1) is 0 Å². The molecule has 2 aliphatic rings. The van der Waals surface area contributed by atoms with Crippen molar-refractivity contribution in [2.45, 2.75) is 57.0 Å². The molecule has 10 heteroatoms. The molecule has 204 valence electrons. The number of carbonyl (C=O) groups excluding carboxylic acids is 1. The van der Waals surface area contributed by atoms with Crippen molar-refractivity contribution in [1.82, 2.24) is 24.6 Å². The maximum Gasteiger partial charge on any atom is 0.238 e. The second kappa shape index (κ2) is 12.8. The number of hydrogen-bond donors (Lipinski definition) is 2. The Bertz CT molecular complexity index is 1270. The first-order chi connectivity index (χ1) is 19.1. The van der Waals surface area contributed by atoms with Crippen molar-refractivity contribution in [3.05, 3.63) is 48.9 Å². The van der Waals surface area contributed by atoms with Crippen LogP contribution in [0, 0.1) is 17.2 Å². The third-order valence-corrected chi connectivity index (χ3v) is 7.77. The van der Waals surface area contributed by atoms with Gasteiger partial charge in [-0.1, -0.05) is 12.8 Å². The Hall–Kier alpha value is -3.81. The number of nitrogens with zero attached hydrogens (tertiary/aromatic N) is 6. The number of rotatable bonds is 10. The minimum Gasteiger partial charge on any atom is -0.381 e. The van der Waals surface area contributed by atoms with Crippen LogP contribution in [0.3, 0.4) is 0 Å². The van der Waals surface area contributed by atoms with Crippen LogP contribution >= 0.6 is 0 Å². The Kier molecular flexibility index (Phi) is 8.81. The molecule has 2 fully saturated rings. The first kappa shape index (κ1) is 26.8. The normalized spacial score (nSPS) is 17.2. The van der Waals surface area contributed by atoms with E-state index in [1.54, 1.807) is 6.20 Å². The van der Waals surface area contributed by atoms with Crippen LogP contribution in [0.1, 0.15) is 51.0 Å². The average Bonchev–Trinajstić information content (AvgIpc) is 3.67. The molecule has 2 aromatic heterocycles. The van der Waals surface area contributed by atoms with E-state index in [1.165, 1.54) is 12.8 Å².